The zero-order chi connectivity index (χ0) is 31.8. The number of aliphatic carboxylic acids is 1. The number of sulfonamides is 1. The van der Waals surface area contributed by atoms with Crippen molar-refractivity contribution in [3.63, 3.8) is 0 Å². The second-order valence-electron chi connectivity index (χ2n) is 11.2. The molecule has 1 aromatic heterocycles. The van der Waals surface area contributed by atoms with Crippen molar-refractivity contribution in [3.05, 3.63) is 131 Å². The molecular formula is C35H35N3O6S. The number of ketones is 1. The van der Waals surface area contributed by atoms with Crippen LogP contribution in [0.5, 0.6) is 0 Å². The van der Waals surface area contributed by atoms with E-state index in [-0.39, 0.29) is 30.1 Å². The topological polar surface area (TPSA) is 134 Å². The summed E-state index contributed by atoms with van der Waals surface area (Å²) in [6.07, 6.45) is 3.79. The smallest absolute Gasteiger partial charge is 0.326 e. The Balaban J connectivity index is 1.16. The Kier molecular flexibility index (Phi) is 10.2. The number of amides is 1. The summed E-state index contributed by atoms with van der Waals surface area (Å²) in [5, 5.41) is 12.4. The third-order valence-corrected chi connectivity index (χ3v) is 9.76. The number of hydrogen-bond acceptors (Lipinski definition) is 6. The number of carboxylic acid groups (broad SMARTS) is 1. The average molecular weight is 626 g/mol. The van der Waals surface area contributed by atoms with E-state index >= 15 is 0 Å². The lowest BCUT2D eigenvalue weighted by Crippen LogP contribution is -2.51. The van der Waals surface area contributed by atoms with Gasteiger partial charge < -0.3 is 10.4 Å². The maximum absolute atomic E-state index is 13.2. The third kappa shape index (κ3) is 8.29. The van der Waals surface area contributed by atoms with Crippen molar-refractivity contribution in [2.45, 2.75) is 55.5 Å². The van der Waals surface area contributed by atoms with Gasteiger partial charge in [0.05, 0.1) is 4.90 Å². The van der Waals surface area contributed by atoms with Gasteiger partial charge in [-0.15, -0.1) is 0 Å². The van der Waals surface area contributed by atoms with E-state index in [0.29, 0.717) is 31.2 Å². The van der Waals surface area contributed by atoms with Gasteiger partial charge in [0.2, 0.25) is 15.9 Å². The molecule has 4 aromatic rings. The maximum atomic E-state index is 13.2. The van der Waals surface area contributed by atoms with Crippen molar-refractivity contribution in [2.24, 2.45) is 0 Å². The fourth-order valence-electron chi connectivity index (χ4n) is 5.59. The van der Waals surface area contributed by atoms with Crippen LogP contribution in [0.4, 0.5) is 0 Å². The lowest BCUT2D eigenvalue weighted by Gasteiger charge is -2.25. The van der Waals surface area contributed by atoms with Gasteiger partial charge in [-0.25, -0.2) is 13.2 Å². The monoisotopic (exact) mass is 625 g/mol. The molecule has 0 spiro atoms. The summed E-state index contributed by atoms with van der Waals surface area (Å²) in [6, 6.07) is 26.5. The average Bonchev–Trinajstić information content (AvgIpc) is 3.54. The van der Waals surface area contributed by atoms with Gasteiger partial charge in [-0.1, -0.05) is 72.8 Å². The molecule has 10 heteroatoms. The summed E-state index contributed by atoms with van der Waals surface area (Å²) >= 11 is 0. The highest BCUT2D eigenvalue weighted by Crippen LogP contribution is 2.26. The van der Waals surface area contributed by atoms with Crippen molar-refractivity contribution in [2.75, 3.05) is 6.54 Å². The Morgan fingerprint density at radius 2 is 1.53 bits per heavy atom. The number of nitrogens with one attached hydrogen (secondary N) is 1. The Bertz CT molecular complexity index is 1750. The first-order valence-corrected chi connectivity index (χ1v) is 16.3. The number of carboxylic acids is 1. The highest BCUT2D eigenvalue weighted by molar-refractivity contribution is 7.89. The molecule has 232 valence electrons. The van der Waals surface area contributed by atoms with E-state index in [1.807, 2.05) is 42.5 Å². The number of carbonyl (C=O) groups excluding carboxylic acids is 2. The summed E-state index contributed by atoms with van der Waals surface area (Å²) in [5.41, 5.74) is 4.45. The SMILES string of the molecule is O=C(Cc1ccc(CC(NC(=O)[C@@H]2CCCN2S(=O)(=O)c2ccccc2)C(=O)O)cc1)Cc1cccc(Cc2ccccn2)c1. The second-order valence-corrected chi connectivity index (χ2v) is 13.1. The lowest BCUT2D eigenvalue weighted by atomic mass is 9.98. The summed E-state index contributed by atoms with van der Waals surface area (Å²) in [4.78, 5) is 42.5. The predicted molar refractivity (Wildman–Crippen MR) is 169 cm³/mol. The van der Waals surface area contributed by atoms with Crippen LogP contribution in [-0.2, 0) is 50.1 Å². The van der Waals surface area contributed by atoms with Gasteiger partial charge >= 0.3 is 5.97 Å². The van der Waals surface area contributed by atoms with Gasteiger partial charge in [-0.2, -0.15) is 4.31 Å². The molecule has 5 rings (SSSR count). The highest BCUT2D eigenvalue weighted by atomic mass is 32.2. The minimum Gasteiger partial charge on any atom is -0.480 e. The Morgan fingerprint density at radius 1 is 0.844 bits per heavy atom. The number of Topliss-reactive ketones (excluding diaryl/α,β-unsaturated/α-hetero) is 1. The molecule has 0 radical (unpaired) electrons. The number of hydrogen-bond donors (Lipinski definition) is 2. The van der Waals surface area contributed by atoms with Crippen LogP contribution in [0.15, 0.2) is 108 Å². The molecular weight excluding hydrogens is 590 g/mol. The number of nitrogens with zero attached hydrogens (tertiary/aromatic N) is 2. The summed E-state index contributed by atoms with van der Waals surface area (Å²) in [7, 11) is -3.90. The maximum Gasteiger partial charge on any atom is 0.326 e. The molecule has 0 saturated carbocycles. The van der Waals surface area contributed by atoms with E-state index in [4.69, 9.17) is 0 Å². The van der Waals surface area contributed by atoms with Crippen LogP contribution in [0.25, 0.3) is 0 Å². The Hall–Kier alpha value is -4.67. The minimum absolute atomic E-state index is 0.0104. The van der Waals surface area contributed by atoms with Crippen LogP contribution < -0.4 is 5.32 Å². The van der Waals surface area contributed by atoms with Gasteiger partial charge in [0.15, 0.2) is 0 Å². The van der Waals surface area contributed by atoms with Crippen LogP contribution in [0.2, 0.25) is 0 Å². The van der Waals surface area contributed by atoms with Crippen molar-refractivity contribution in [1.82, 2.24) is 14.6 Å². The summed E-state index contributed by atoms with van der Waals surface area (Å²) in [5.74, 6) is -1.80. The zero-order valence-electron chi connectivity index (χ0n) is 24.7. The minimum atomic E-state index is -3.90. The predicted octanol–water partition coefficient (Wildman–Crippen LogP) is 3.99. The molecule has 1 aliphatic rings. The summed E-state index contributed by atoms with van der Waals surface area (Å²) in [6.45, 7) is 0.184. The van der Waals surface area contributed by atoms with E-state index < -0.39 is 34.0 Å². The number of carbonyl (C=O) groups is 3. The van der Waals surface area contributed by atoms with Crippen LogP contribution in [0, 0.1) is 0 Å². The number of aromatic nitrogens is 1. The van der Waals surface area contributed by atoms with Crippen LogP contribution >= 0.6 is 0 Å². The molecule has 1 aliphatic heterocycles. The van der Waals surface area contributed by atoms with E-state index in [2.05, 4.69) is 10.3 Å². The fraction of sp³-hybridized carbons (Fsp3) is 0.257. The van der Waals surface area contributed by atoms with Crippen molar-refractivity contribution in [1.29, 1.82) is 0 Å². The number of pyridine rings is 1. The fourth-order valence-corrected chi connectivity index (χ4v) is 7.27. The molecule has 3 aromatic carbocycles. The first-order chi connectivity index (χ1) is 21.7. The lowest BCUT2D eigenvalue weighted by molar-refractivity contribution is -0.142. The second kappa shape index (κ2) is 14.4. The van der Waals surface area contributed by atoms with Crippen LogP contribution in [0.3, 0.4) is 0 Å². The normalized spacial score (nSPS) is 15.8. The van der Waals surface area contributed by atoms with Gasteiger partial charge in [0.25, 0.3) is 0 Å². The van der Waals surface area contributed by atoms with Crippen molar-refractivity contribution in [3.8, 4) is 0 Å². The van der Waals surface area contributed by atoms with Gasteiger partial charge in [-0.3, -0.25) is 14.6 Å². The molecule has 45 heavy (non-hydrogen) atoms. The Morgan fingerprint density at radius 3 is 2.24 bits per heavy atom. The van der Waals surface area contributed by atoms with E-state index in [9.17, 15) is 27.9 Å². The van der Waals surface area contributed by atoms with Crippen LogP contribution in [0.1, 0.15) is 40.8 Å². The van der Waals surface area contributed by atoms with E-state index in [0.717, 1.165) is 26.7 Å². The zero-order valence-corrected chi connectivity index (χ0v) is 25.5. The van der Waals surface area contributed by atoms with Gasteiger partial charge in [-0.05, 0) is 59.4 Å². The largest absolute Gasteiger partial charge is 0.480 e. The highest BCUT2D eigenvalue weighted by Gasteiger charge is 2.40. The van der Waals surface area contributed by atoms with E-state index in [1.165, 1.54) is 12.1 Å². The Labute approximate surface area is 263 Å². The first-order valence-electron chi connectivity index (χ1n) is 14.9. The molecule has 0 aliphatic carbocycles. The standard InChI is InChI=1S/C35H35N3O6S/c39-30(23-28-9-6-8-27(20-28)21-29-10-4-5-18-36-29)22-25-14-16-26(17-15-25)24-32(35(41)42)37-34(40)33-13-7-19-38(33)45(43,44)31-11-2-1-3-12-31/h1-6,8-12,14-18,20,32-33H,7,13,19,21-24H2,(H,37,40)(H,41,42)/t32?,33-/m0/s1. The molecule has 1 saturated heterocycles. The van der Waals surface area contributed by atoms with E-state index in [1.54, 1.807) is 48.7 Å². The first kappa shape index (κ1) is 31.7. The van der Waals surface area contributed by atoms with Crippen LogP contribution in [-0.4, -0.2) is 59.1 Å². The number of rotatable bonds is 13. The third-order valence-electron chi connectivity index (χ3n) is 7.84. The molecule has 2 N–H and O–H groups in total. The molecule has 1 unspecified atom stereocenters. The molecule has 2 heterocycles. The molecule has 1 amide bonds. The summed E-state index contributed by atoms with van der Waals surface area (Å²) < 4.78 is 27.5. The molecule has 9 nitrogen and oxygen atoms in total. The molecule has 2 atom stereocenters. The number of benzene rings is 3. The van der Waals surface area contributed by atoms with Crippen molar-refractivity contribution < 1.29 is 27.9 Å². The van der Waals surface area contributed by atoms with Gasteiger partial charge in [0.1, 0.15) is 17.9 Å². The quantitative estimate of drug-likeness (QED) is 0.230. The molecule has 1 fully saturated rings. The van der Waals surface area contributed by atoms with Crippen molar-refractivity contribution >= 4 is 27.7 Å². The van der Waals surface area contributed by atoms with Gasteiger partial charge in [0, 0.05) is 44.1 Å². The molecule has 0 bridgehead atoms.